The van der Waals surface area contributed by atoms with Gasteiger partial charge in [-0.05, 0) is 42.5 Å². The van der Waals surface area contributed by atoms with Crippen LogP contribution in [0.15, 0.2) is 65.8 Å². The molecular weight excluding hydrogens is 408 g/mol. The topological polar surface area (TPSA) is 72.8 Å². The van der Waals surface area contributed by atoms with E-state index in [9.17, 15) is 5.11 Å². The van der Waals surface area contributed by atoms with Gasteiger partial charge in [0.15, 0.2) is 0 Å². The number of hydrogen-bond donors (Lipinski definition) is 1. The normalized spacial score (nSPS) is 18.8. The molecule has 0 radical (unpaired) electrons. The predicted octanol–water partition coefficient (Wildman–Crippen LogP) is 4.66. The Morgan fingerprint density at radius 1 is 0.906 bits per heavy atom. The summed E-state index contributed by atoms with van der Waals surface area (Å²) in [6.45, 7) is 0. The van der Waals surface area contributed by atoms with E-state index in [0.717, 1.165) is 22.6 Å². The number of hydrazone groups is 1. The average molecular weight is 432 g/mol. The van der Waals surface area contributed by atoms with Crippen molar-refractivity contribution in [3.05, 3.63) is 77.4 Å². The number of nitrogens with zero attached hydrogens (tertiary/aromatic N) is 2. The molecule has 2 heterocycles. The van der Waals surface area contributed by atoms with Crippen molar-refractivity contribution in [2.24, 2.45) is 5.10 Å². The first kappa shape index (κ1) is 20.1. The van der Waals surface area contributed by atoms with Crippen LogP contribution in [-0.4, -0.2) is 37.2 Å². The highest BCUT2D eigenvalue weighted by molar-refractivity contribution is 6.04. The molecule has 0 unspecified atom stereocenters. The van der Waals surface area contributed by atoms with Gasteiger partial charge >= 0.3 is 0 Å². The smallest absolute Gasteiger partial charge is 0.217 e. The van der Waals surface area contributed by atoms with Gasteiger partial charge in [-0.3, -0.25) is 0 Å². The van der Waals surface area contributed by atoms with Crippen LogP contribution in [0.1, 0.15) is 35.4 Å². The lowest BCUT2D eigenvalue weighted by atomic mass is 9.95. The number of phenols is 1. The summed E-state index contributed by atoms with van der Waals surface area (Å²) in [4.78, 5) is 0. The lowest BCUT2D eigenvalue weighted by Gasteiger charge is -2.38. The van der Waals surface area contributed by atoms with E-state index in [1.807, 2.05) is 41.4 Å². The van der Waals surface area contributed by atoms with Crippen LogP contribution in [0.25, 0.3) is 0 Å². The third kappa shape index (κ3) is 3.26. The van der Waals surface area contributed by atoms with Crippen LogP contribution in [0, 0.1) is 0 Å². The summed E-state index contributed by atoms with van der Waals surface area (Å²) >= 11 is 0. The van der Waals surface area contributed by atoms with Crippen molar-refractivity contribution >= 4 is 5.71 Å². The molecule has 2 aliphatic rings. The highest BCUT2D eigenvalue weighted by Crippen LogP contribution is 2.49. The Morgan fingerprint density at radius 3 is 2.44 bits per heavy atom. The van der Waals surface area contributed by atoms with Crippen molar-refractivity contribution in [1.82, 2.24) is 5.01 Å². The van der Waals surface area contributed by atoms with Crippen molar-refractivity contribution in [2.75, 3.05) is 21.3 Å². The second kappa shape index (κ2) is 8.00. The zero-order valence-electron chi connectivity index (χ0n) is 18.1. The highest BCUT2D eigenvalue weighted by Gasteiger charge is 2.42. The number of fused-ring (bicyclic) bond motifs is 3. The Hall–Kier alpha value is -3.87. The molecule has 0 bridgehead atoms. The van der Waals surface area contributed by atoms with E-state index in [1.165, 1.54) is 0 Å². The fourth-order valence-corrected chi connectivity index (χ4v) is 4.31. The maximum Gasteiger partial charge on any atom is 0.217 e. The maximum absolute atomic E-state index is 10.5. The molecule has 0 saturated heterocycles. The highest BCUT2D eigenvalue weighted by atomic mass is 16.5. The van der Waals surface area contributed by atoms with Gasteiger partial charge in [0.25, 0.3) is 0 Å². The summed E-state index contributed by atoms with van der Waals surface area (Å²) in [7, 11) is 4.86. The molecule has 7 nitrogen and oxygen atoms in total. The van der Waals surface area contributed by atoms with Gasteiger partial charge in [-0.1, -0.05) is 18.2 Å². The first-order chi connectivity index (χ1) is 15.6. The van der Waals surface area contributed by atoms with E-state index in [2.05, 4.69) is 6.07 Å². The number of ether oxygens (including phenoxy) is 4. The number of para-hydroxylation sites is 1. The van der Waals surface area contributed by atoms with E-state index in [0.29, 0.717) is 29.2 Å². The molecule has 32 heavy (non-hydrogen) atoms. The van der Waals surface area contributed by atoms with Crippen LogP contribution < -0.4 is 18.9 Å². The third-order valence-corrected chi connectivity index (χ3v) is 5.92. The van der Waals surface area contributed by atoms with Gasteiger partial charge in [0.1, 0.15) is 28.7 Å². The summed E-state index contributed by atoms with van der Waals surface area (Å²) in [5.74, 6) is 3.01. The van der Waals surface area contributed by atoms with Crippen molar-refractivity contribution in [2.45, 2.75) is 18.7 Å². The summed E-state index contributed by atoms with van der Waals surface area (Å²) in [6.07, 6.45) is 0.0920. The van der Waals surface area contributed by atoms with Crippen LogP contribution >= 0.6 is 0 Å². The molecule has 3 aromatic carbocycles. The molecule has 2 atom stereocenters. The molecule has 5 rings (SSSR count). The first-order valence-electron chi connectivity index (χ1n) is 10.3. The fourth-order valence-electron chi connectivity index (χ4n) is 4.31. The molecular formula is C25H24N2O5. The predicted molar refractivity (Wildman–Crippen MR) is 120 cm³/mol. The number of hydrogen-bond acceptors (Lipinski definition) is 7. The van der Waals surface area contributed by atoms with Gasteiger partial charge in [0.05, 0.1) is 38.6 Å². The largest absolute Gasteiger partial charge is 0.507 e. The van der Waals surface area contributed by atoms with Crippen molar-refractivity contribution in [3.63, 3.8) is 0 Å². The second-order valence-corrected chi connectivity index (χ2v) is 7.65. The molecule has 0 aliphatic carbocycles. The second-order valence-electron chi connectivity index (χ2n) is 7.65. The molecule has 0 amide bonds. The SMILES string of the molecule is COc1ccc(O)c(C2=NN3[C@@H](c4cc(OC)ccc4OC)Oc4ccccc4[C@@H]3C2)c1. The summed E-state index contributed by atoms with van der Waals surface area (Å²) in [5, 5.41) is 17.4. The van der Waals surface area contributed by atoms with Gasteiger partial charge in [0.2, 0.25) is 6.23 Å². The summed E-state index contributed by atoms with van der Waals surface area (Å²) in [5.41, 5.74) is 3.27. The monoisotopic (exact) mass is 432 g/mol. The van der Waals surface area contributed by atoms with Gasteiger partial charge in [0, 0.05) is 17.5 Å². The van der Waals surface area contributed by atoms with Crippen molar-refractivity contribution in [3.8, 4) is 28.7 Å². The molecule has 0 aromatic heterocycles. The van der Waals surface area contributed by atoms with Gasteiger partial charge in [-0.25, -0.2) is 5.01 Å². The number of rotatable bonds is 5. The molecule has 164 valence electrons. The zero-order chi connectivity index (χ0) is 22.2. The lowest BCUT2D eigenvalue weighted by molar-refractivity contribution is -0.0204. The van der Waals surface area contributed by atoms with Crippen LogP contribution in [0.2, 0.25) is 0 Å². The van der Waals surface area contributed by atoms with Gasteiger partial charge < -0.3 is 24.1 Å². The Morgan fingerprint density at radius 2 is 1.66 bits per heavy atom. The summed E-state index contributed by atoms with van der Waals surface area (Å²) < 4.78 is 22.9. The number of aromatic hydroxyl groups is 1. The zero-order valence-corrected chi connectivity index (χ0v) is 18.1. The molecule has 7 heteroatoms. The van der Waals surface area contributed by atoms with E-state index >= 15 is 0 Å². The van der Waals surface area contributed by atoms with E-state index in [1.54, 1.807) is 39.5 Å². The van der Waals surface area contributed by atoms with Crippen LogP contribution in [-0.2, 0) is 0 Å². The average Bonchev–Trinajstić information content (AvgIpc) is 3.29. The summed E-state index contributed by atoms with van der Waals surface area (Å²) in [6, 6.07) is 18.7. The fraction of sp³-hybridized carbons (Fsp3) is 0.240. The molecule has 3 aromatic rings. The Bertz CT molecular complexity index is 1190. The van der Waals surface area contributed by atoms with Crippen molar-refractivity contribution in [1.29, 1.82) is 0 Å². The number of benzene rings is 3. The molecule has 0 fully saturated rings. The standard InChI is InChI=1S/C25H24N2O5/c1-29-15-8-10-22(28)18(12-15)20-14-21-17-6-4-5-7-24(17)32-25(27(21)26-20)19-13-16(30-2)9-11-23(19)31-3/h4-13,21,25,28H,14H2,1-3H3/t21-,25+/m0/s1. The van der Waals surface area contributed by atoms with Gasteiger partial charge in [-0.15, -0.1) is 0 Å². The minimum absolute atomic E-state index is 0.0542. The maximum atomic E-state index is 10.5. The quantitative estimate of drug-likeness (QED) is 0.632. The minimum Gasteiger partial charge on any atom is -0.507 e. The Kier molecular flexibility index (Phi) is 5.01. The minimum atomic E-state index is -0.523. The van der Waals surface area contributed by atoms with Crippen LogP contribution in [0.4, 0.5) is 0 Å². The van der Waals surface area contributed by atoms with E-state index < -0.39 is 6.23 Å². The van der Waals surface area contributed by atoms with Gasteiger partial charge in [-0.2, -0.15) is 5.10 Å². The van der Waals surface area contributed by atoms with Crippen molar-refractivity contribution < 1.29 is 24.1 Å². The Labute approximate surface area is 186 Å². The van der Waals surface area contributed by atoms with Crippen LogP contribution in [0.5, 0.6) is 28.7 Å². The number of phenolic OH excluding ortho intramolecular Hbond substituents is 1. The lowest BCUT2D eigenvalue weighted by Crippen LogP contribution is -2.33. The molecule has 0 spiro atoms. The first-order valence-corrected chi connectivity index (χ1v) is 10.3. The number of methoxy groups -OCH3 is 3. The van der Waals surface area contributed by atoms with E-state index in [-0.39, 0.29) is 11.8 Å². The molecule has 1 N–H and O–H groups in total. The van der Waals surface area contributed by atoms with E-state index in [4.69, 9.17) is 24.0 Å². The Balaban J connectivity index is 1.64. The molecule has 0 saturated carbocycles. The third-order valence-electron chi connectivity index (χ3n) is 5.92. The molecule has 2 aliphatic heterocycles. The van der Waals surface area contributed by atoms with Crippen LogP contribution in [0.3, 0.4) is 0 Å².